The molecule has 3 fully saturated rings. The van der Waals surface area contributed by atoms with E-state index < -0.39 is 0 Å². The van der Waals surface area contributed by atoms with Gasteiger partial charge < -0.3 is 9.40 Å². The Kier molecular flexibility index (Phi) is 4.33. The van der Waals surface area contributed by atoms with Crippen LogP contribution in [0, 0.1) is 12.8 Å². The highest BCUT2D eigenvalue weighted by Gasteiger charge is 2.35. The van der Waals surface area contributed by atoms with Crippen molar-refractivity contribution in [3.05, 3.63) is 47.9 Å². The van der Waals surface area contributed by atoms with E-state index >= 15 is 0 Å². The number of aryl methyl sites for hydroxylation is 1. The monoisotopic (exact) mass is 366 g/mol. The molecule has 7 heteroatoms. The summed E-state index contributed by atoms with van der Waals surface area (Å²) in [7, 11) is 0. The van der Waals surface area contributed by atoms with Crippen LogP contribution < -0.4 is 0 Å². The van der Waals surface area contributed by atoms with Crippen LogP contribution in [0.2, 0.25) is 0 Å². The van der Waals surface area contributed by atoms with Crippen molar-refractivity contribution in [2.24, 2.45) is 5.92 Å². The zero-order chi connectivity index (χ0) is 18.2. The van der Waals surface area contributed by atoms with Crippen molar-refractivity contribution in [3.8, 4) is 11.5 Å². The number of H-pyrrole nitrogens is 2. The highest BCUT2D eigenvalue weighted by atomic mass is 16.3. The maximum atomic E-state index is 6.07. The first-order chi connectivity index (χ1) is 13.2. The quantitative estimate of drug-likeness (QED) is 0.726. The summed E-state index contributed by atoms with van der Waals surface area (Å²) < 4.78 is 6.07. The minimum absolute atomic E-state index is 0.587. The van der Waals surface area contributed by atoms with Crippen LogP contribution >= 0.6 is 0 Å². The molecule has 2 bridgehead atoms. The van der Waals surface area contributed by atoms with Gasteiger partial charge in [-0.2, -0.15) is 5.10 Å². The summed E-state index contributed by atoms with van der Waals surface area (Å²) in [5, 5.41) is 6.97. The molecular weight excluding hydrogens is 340 g/mol. The standard InChI is InChI=1S/C20H26N6O/c1-14-19(22-13-21-14)12-25-8-15-2-3-16(10-25)26(9-15)11-17-4-5-20(27-17)18-6-7-23-24-18/h4-7,13,15-16H,2-3,8-12H2,1H3,(H,21,22)(H,23,24)/t15-,16+/m1/s1. The molecule has 0 spiro atoms. The molecule has 7 nitrogen and oxygen atoms in total. The van der Waals surface area contributed by atoms with Gasteiger partial charge in [-0.25, -0.2) is 4.98 Å². The van der Waals surface area contributed by atoms with Crippen molar-refractivity contribution in [1.82, 2.24) is 30.0 Å². The first kappa shape index (κ1) is 16.8. The van der Waals surface area contributed by atoms with Crippen LogP contribution in [0.25, 0.3) is 11.5 Å². The predicted octanol–water partition coefficient (Wildman–Crippen LogP) is 2.80. The van der Waals surface area contributed by atoms with Crippen LogP contribution in [0.5, 0.6) is 0 Å². The number of aromatic amines is 2. The van der Waals surface area contributed by atoms with Gasteiger partial charge >= 0.3 is 0 Å². The molecule has 3 aliphatic heterocycles. The molecule has 0 aliphatic carbocycles. The summed E-state index contributed by atoms with van der Waals surface area (Å²) in [5.41, 5.74) is 3.29. The molecule has 0 amide bonds. The average Bonchev–Trinajstić information content (AvgIpc) is 3.37. The third kappa shape index (κ3) is 3.44. The molecule has 6 rings (SSSR count). The second-order valence-corrected chi connectivity index (χ2v) is 7.93. The Bertz CT molecular complexity index is 882. The number of furan rings is 1. The summed E-state index contributed by atoms with van der Waals surface area (Å²) in [6, 6.07) is 6.65. The van der Waals surface area contributed by atoms with Crippen LogP contribution in [-0.4, -0.2) is 55.6 Å². The number of hydrogen-bond acceptors (Lipinski definition) is 5. The topological polar surface area (TPSA) is 77.0 Å². The molecule has 0 unspecified atom stereocenters. The van der Waals surface area contributed by atoms with E-state index in [1.54, 1.807) is 12.5 Å². The molecule has 3 saturated heterocycles. The lowest BCUT2D eigenvalue weighted by molar-refractivity contribution is 0.114. The van der Waals surface area contributed by atoms with E-state index in [2.05, 4.69) is 43.0 Å². The highest BCUT2D eigenvalue weighted by Crippen LogP contribution is 2.31. The Balaban J connectivity index is 1.27. The normalized spacial score (nSPS) is 23.7. The Hall–Kier alpha value is -2.38. The maximum Gasteiger partial charge on any atom is 0.152 e. The van der Waals surface area contributed by atoms with E-state index in [0.29, 0.717) is 6.04 Å². The number of piperidine rings is 1. The number of fused-ring (bicyclic) bond motifs is 4. The smallest absolute Gasteiger partial charge is 0.152 e. The first-order valence-corrected chi connectivity index (χ1v) is 9.78. The average molecular weight is 366 g/mol. The highest BCUT2D eigenvalue weighted by molar-refractivity contribution is 5.51. The van der Waals surface area contributed by atoms with Crippen molar-refractivity contribution in [2.75, 3.05) is 19.6 Å². The number of imidazole rings is 1. The van der Waals surface area contributed by atoms with Crippen LogP contribution in [0.15, 0.2) is 35.1 Å². The summed E-state index contributed by atoms with van der Waals surface area (Å²) in [6.45, 7) is 7.36. The van der Waals surface area contributed by atoms with E-state index in [1.807, 2.05) is 12.1 Å². The molecule has 2 N–H and O–H groups in total. The Morgan fingerprint density at radius 2 is 2.11 bits per heavy atom. The van der Waals surface area contributed by atoms with Crippen molar-refractivity contribution < 1.29 is 4.42 Å². The van der Waals surface area contributed by atoms with Gasteiger partial charge in [0.25, 0.3) is 0 Å². The summed E-state index contributed by atoms with van der Waals surface area (Å²) in [5.74, 6) is 2.62. The van der Waals surface area contributed by atoms with Crippen molar-refractivity contribution in [1.29, 1.82) is 0 Å². The molecule has 3 aromatic heterocycles. The molecule has 142 valence electrons. The van der Waals surface area contributed by atoms with Crippen molar-refractivity contribution in [2.45, 2.75) is 38.9 Å². The number of nitrogens with one attached hydrogen (secondary N) is 2. The van der Waals surface area contributed by atoms with Gasteiger partial charge in [0.15, 0.2) is 5.76 Å². The largest absolute Gasteiger partial charge is 0.458 e. The van der Waals surface area contributed by atoms with E-state index in [1.165, 1.54) is 24.2 Å². The Morgan fingerprint density at radius 3 is 2.93 bits per heavy atom. The molecule has 0 radical (unpaired) electrons. The minimum atomic E-state index is 0.587. The van der Waals surface area contributed by atoms with Crippen LogP contribution in [0.3, 0.4) is 0 Å². The van der Waals surface area contributed by atoms with Gasteiger partial charge in [-0.15, -0.1) is 0 Å². The SMILES string of the molecule is Cc1[nH]cnc1CN1C[C@H]2CC[C@@H](C1)N(Cc1ccc(-c3ccn[nH]3)o1)C2. The zero-order valence-electron chi connectivity index (χ0n) is 15.7. The van der Waals surface area contributed by atoms with Gasteiger partial charge in [-0.3, -0.25) is 14.9 Å². The molecular formula is C20H26N6O. The third-order valence-corrected chi connectivity index (χ3v) is 6.00. The molecule has 2 atom stereocenters. The zero-order valence-corrected chi connectivity index (χ0v) is 15.7. The molecule has 6 heterocycles. The van der Waals surface area contributed by atoms with Gasteiger partial charge in [0.2, 0.25) is 0 Å². The van der Waals surface area contributed by atoms with Crippen LogP contribution in [-0.2, 0) is 13.1 Å². The summed E-state index contributed by atoms with van der Waals surface area (Å²) in [4.78, 5) is 12.9. The lowest BCUT2D eigenvalue weighted by Gasteiger charge is -2.35. The lowest BCUT2D eigenvalue weighted by Crippen LogP contribution is -2.43. The van der Waals surface area contributed by atoms with E-state index in [9.17, 15) is 0 Å². The number of aromatic nitrogens is 4. The fraction of sp³-hybridized carbons (Fsp3) is 0.500. The second-order valence-electron chi connectivity index (χ2n) is 7.93. The number of hydrogen-bond donors (Lipinski definition) is 2. The second kappa shape index (κ2) is 6.98. The molecule has 3 aliphatic rings. The van der Waals surface area contributed by atoms with Gasteiger partial charge in [-0.1, -0.05) is 0 Å². The Morgan fingerprint density at radius 1 is 1.15 bits per heavy atom. The molecule has 3 aromatic rings. The lowest BCUT2D eigenvalue weighted by atomic mass is 9.95. The van der Waals surface area contributed by atoms with Crippen molar-refractivity contribution in [3.63, 3.8) is 0 Å². The summed E-state index contributed by atoms with van der Waals surface area (Å²) >= 11 is 0. The van der Waals surface area contributed by atoms with Crippen LogP contribution in [0.4, 0.5) is 0 Å². The molecule has 0 saturated carbocycles. The molecule has 0 aromatic carbocycles. The summed E-state index contributed by atoms with van der Waals surface area (Å²) in [6.07, 6.45) is 6.15. The van der Waals surface area contributed by atoms with E-state index in [-0.39, 0.29) is 0 Å². The van der Waals surface area contributed by atoms with Gasteiger partial charge in [0.1, 0.15) is 11.5 Å². The first-order valence-electron chi connectivity index (χ1n) is 9.78. The van der Waals surface area contributed by atoms with Gasteiger partial charge in [0.05, 0.1) is 18.6 Å². The van der Waals surface area contributed by atoms with Gasteiger partial charge in [-0.05, 0) is 43.9 Å². The van der Waals surface area contributed by atoms with E-state index in [0.717, 1.165) is 55.9 Å². The number of rotatable bonds is 5. The van der Waals surface area contributed by atoms with Crippen LogP contribution in [0.1, 0.15) is 30.0 Å². The molecule has 27 heavy (non-hydrogen) atoms. The predicted molar refractivity (Wildman–Crippen MR) is 102 cm³/mol. The van der Waals surface area contributed by atoms with E-state index in [4.69, 9.17) is 4.42 Å². The van der Waals surface area contributed by atoms with Crippen molar-refractivity contribution >= 4 is 0 Å². The maximum absolute atomic E-state index is 6.07. The van der Waals surface area contributed by atoms with Gasteiger partial charge in [0, 0.05) is 44.1 Å². The minimum Gasteiger partial charge on any atom is -0.458 e. The fourth-order valence-corrected chi connectivity index (χ4v) is 4.56. The Labute approximate surface area is 158 Å². The third-order valence-electron chi connectivity index (χ3n) is 6.00. The number of nitrogens with zero attached hydrogens (tertiary/aromatic N) is 4. The fourth-order valence-electron chi connectivity index (χ4n) is 4.56.